The summed E-state index contributed by atoms with van der Waals surface area (Å²) in [6.45, 7) is 5.92. The molecule has 0 aliphatic carbocycles. The van der Waals surface area contributed by atoms with Crippen LogP contribution < -0.4 is 27.4 Å². The fourth-order valence-electron chi connectivity index (χ4n) is 9.87. The monoisotopic (exact) mass is 922 g/mol. The van der Waals surface area contributed by atoms with Gasteiger partial charge in [-0.1, -0.05) is 61.4 Å². The Bertz CT molecular complexity index is 2400. The number of amides is 4. The van der Waals surface area contributed by atoms with E-state index < -0.39 is 12.1 Å². The summed E-state index contributed by atoms with van der Waals surface area (Å²) >= 11 is 0. The molecular weight excluding hydrogens is 851 g/mol. The first-order chi connectivity index (χ1) is 32.4. The van der Waals surface area contributed by atoms with Crippen LogP contribution in [0.5, 0.6) is 0 Å². The highest BCUT2D eigenvalue weighted by molar-refractivity contribution is 6.01. The van der Waals surface area contributed by atoms with Gasteiger partial charge in [0, 0.05) is 66.0 Å². The van der Waals surface area contributed by atoms with Crippen LogP contribution >= 0.6 is 0 Å². The molecule has 2 unspecified atom stereocenters. The number of anilines is 1. The lowest BCUT2D eigenvalue weighted by Gasteiger charge is -2.31. The molecule has 3 aromatic carbocycles. The number of ether oxygens (including phenoxy) is 3. The summed E-state index contributed by atoms with van der Waals surface area (Å²) in [5.41, 5.74) is 19.9. The van der Waals surface area contributed by atoms with Crippen LogP contribution in [0.2, 0.25) is 0 Å². The Labute approximate surface area is 394 Å². The maximum Gasteiger partial charge on any atom is 0.329 e. The summed E-state index contributed by atoms with van der Waals surface area (Å²) in [5.74, 6) is -0.926. The number of fused-ring (bicyclic) bond motifs is 1. The Morgan fingerprint density at radius 1 is 0.776 bits per heavy atom. The minimum atomic E-state index is -0.668. The first-order valence-electron chi connectivity index (χ1n) is 24.5. The second-order valence-electron chi connectivity index (χ2n) is 18.7. The van der Waals surface area contributed by atoms with Crippen molar-refractivity contribution in [2.75, 3.05) is 44.9 Å². The number of nitrogens with two attached hydrogens (primary N) is 2. The van der Waals surface area contributed by atoms with E-state index in [1.54, 1.807) is 16.2 Å². The van der Waals surface area contributed by atoms with Gasteiger partial charge < -0.3 is 35.9 Å². The molecule has 1 saturated heterocycles. The number of para-hydroxylation sites is 1. The number of likely N-dealkylation sites (N-methyl/N-ethyl adjacent to an activating group) is 1. The van der Waals surface area contributed by atoms with Gasteiger partial charge in [-0.2, -0.15) is 0 Å². The van der Waals surface area contributed by atoms with Gasteiger partial charge in [0.2, 0.25) is 17.7 Å². The lowest BCUT2D eigenvalue weighted by Crippen LogP contribution is -2.52. The smallest absolute Gasteiger partial charge is 0.329 e. The lowest BCUT2D eigenvalue weighted by atomic mass is 10.0. The van der Waals surface area contributed by atoms with E-state index in [0.717, 1.165) is 111 Å². The third-order valence-electron chi connectivity index (χ3n) is 13.9. The van der Waals surface area contributed by atoms with E-state index in [2.05, 4.69) is 47.8 Å². The number of imidazole rings is 1. The van der Waals surface area contributed by atoms with E-state index in [4.69, 9.17) is 25.7 Å². The number of hydrogen-bond acceptors (Lipinski definition) is 10. The molecule has 67 heavy (non-hydrogen) atoms. The van der Waals surface area contributed by atoms with E-state index in [-0.39, 0.29) is 60.3 Å². The van der Waals surface area contributed by atoms with Crippen LogP contribution in [0.25, 0.3) is 11.0 Å². The standard InChI is InChI=1S/C52H71N7O8/c1-35(43(22-25-47(54)60)55-33-41-32-40-14-8-13-39-20-21-42(53)50(62)58(41)49(39)40)67-34-38-17-15-36(16-18-38)11-9-29-65-27-6-4-5-7-28-66-30-10-12-37-19-23-44-46(31-37)56(2)52(64)59(44)45-24-26-48(61)57(3)51(45)63/h8,13-19,23,31,35,41-43,45,55H,4-7,9-12,20-22,24-30,32-34,53H2,1-3H3,(H2,54,60)/t35-,41?,42+,43+,45?/m1/s1. The van der Waals surface area contributed by atoms with Crippen molar-refractivity contribution in [2.24, 2.45) is 18.5 Å². The van der Waals surface area contributed by atoms with Crippen molar-refractivity contribution >= 4 is 40.3 Å². The molecule has 15 heteroatoms. The Balaban J connectivity index is 0.723. The maximum absolute atomic E-state index is 13.4. The largest absolute Gasteiger partial charge is 0.381 e. The van der Waals surface area contributed by atoms with Crippen molar-refractivity contribution in [2.45, 2.75) is 140 Å². The number of imide groups is 1. The van der Waals surface area contributed by atoms with Gasteiger partial charge >= 0.3 is 5.69 Å². The number of hydrogen-bond donors (Lipinski definition) is 3. The van der Waals surface area contributed by atoms with E-state index in [9.17, 15) is 24.0 Å². The fourth-order valence-corrected chi connectivity index (χ4v) is 9.87. The van der Waals surface area contributed by atoms with Gasteiger partial charge in [0.15, 0.2) is 0 Å². The molecule has 1 aromatic heterocycles. The number of piperidine rings is 1. The van der Waals surface area contributed by atoms with Crippen LogP contribution in [0.4, 0.5) is 5.69 Å². The van der Waals surface area contributed by atoms with Gasteiger partial charge in [-0.05, 0) is 118 Å². The zero-order valence-electron chi connectivity index (χ0n) is 39.7. The van der Waals surface area contributed by atoms with E-state index in [0.29, 0.717) is 44.5 Å². The van der Waals surface area contributed by atoms with Crippen LogP contribution in [0.1, 0.15) is 111 Å². The topological polar surface area (TPSA) is 193 Å². The second-order valence-corrected chi connectivity index (χ2v) is 18.7. The van der Waals surface area contributed by atoms with E-state index in [1.165, 1.54) is 23.7 Å². The van der Waals surface area contributed by atoms with Gasteiger partial charge in [-0.25, -0.2) is 4.79 Å². The Kier molecular flexibility index (Phi) is 17.6. The summed E-state index contributed by atoms with van der Waals surface area (Å²) in [4.78, 5) is 66.2. The van der Waals surface area contributed by atoms with Crippen molar-refractivity contribution in [1.82, 2.24) is 19.4 Å². The third kappa shape index (κ3) is 12.5. The molecule has 15 nitrogen and oxygen atoms in total. The predicted molar refractivity (Wildman–Crippen MR) is 259 cm³/mol. The molecule has 4 amide bonds. The van der Waals surface area contributed by atoms with Crippen LogP contribution in [-0.4, -0.2) is 102 Å². The van der Waals surface area contributed by atoms with Crippen LogP contribution in [-0.2, 0) is 72.7 Å². The zero-order chi connectivity index (χ0) is 47.5. The SMILES string of the molecule is C[C@@H](OCc1ccc(CCCOCCCCCCOCCCc2ccc3c(c2)n(C)c(=O)n3C2CCC(=O)N(C)C2=O)cc1)[C@H](CCC(N)=O)NCC1Cc2cccc3c2N1C(=O)[C@@H](N)CC3. The summed E-state index contributed by atoms with van der Waals surface area (Å²) in [6.07, 6.45) is 11.2. The number of primary amides is 1. The highest BCUT2D eigenvalue weighted by Crippen LogP contribution is 2.38. The molecule has 362 valence electrons. The highest BCUT2D eigenvalue weighted by Gasteiger charge is 2.40. The summed E-state index contributed by atoms with van der Waals surface area (Å²) in [7, 11) is 3.20. The van der Waals surface area contributed by atoms with Gasteiger partial charge in [-0.15, -0.1) is 0 Å². The number of benzene rings is 3. The maximum atomic E-state index is 13.4. The van der Waals surface area contributed by atoms with Gasteiger partial charge in [0.05, 0.1) is 41.5 Å². The Morgan fingerprint density at radius 3 is 2.15 bits per heavy atom. The minimum absolute atomic E-state index is 0.0243. The molecule has 0 saturated carbocycles. The van der Waals surface area contributed by atoms with Crippen LogP contribution in [0.3, 0.4) is 0 Å². The lowest BCUT2D eigenvalue weighted by molar-refractivity contribution is -0.149. The molecular formula is C52H71N7O8. The predicted octanol–water partition coefficient (Wildman–Crippen LogP) is 5.18. The van der Waals surface area contributed by atoms with Crippen LogP contribution in [0, 0.1) is 0 Å². The molecule has 4 aromatic rings. The van der Waals surface area contributed by atoms with E-state index in [1.807, 2.05) is 30.0 Å². The van der Waals surface area contributed by atoms with E-state index >= 15 is 0 Å². The molecule has 0 radical (unpaired) electrons. The molecule has 0 bridgehead atoms. The van der Waals surface area contributed by atoms with Crippen molar-refractivity contribution < 1.29 is 33.4 Å². The Morgan fingerprint density at radius 2 is 1.43 bits per heavy atom. The molecule has 3 aliphatic rings. The molecule has 3 aliphatic heterocycles. The molecule has 0 spiro atoms. The number of nitrogens with zero attached hydrogens (tertiary/aromatic N) is 4. The molecule has 5 atom stereocenters. The van der Waals surface area contributed by atoms with Gasteiger partial charge in [-0.3, -0.25) is 33.2 Å². The first-order valence-corrected chi connectivity index (χ1v) is 24.5. The number of aryl methyl sites for hydroxylation is 4. The molecule has 4 heterocycles. The number of carbonyl (C=O) groups is 4. The summed E-state index contributed by atoms with van der Waals surface area (Å²) < 4.78 is 21.3. The average Bonchev–Trinajstić information content (AvgIpc) is 3.77. The number of nitrogens with one attached hydrogen (secondary N) is 1. The molecule has 5 N–H and O–H groups in total. The fraction of sp³-hybridized carbons (Fsp3) is 0.558. The first kappa shape index (κ1) is 49.7. The van der Waals surface area contributed by atoms with Crippen molar-refractivity contribution in [3.63, 3.8) is 0 Å². The average molecular weight is 922 g/mol. The minimum Gasteiger partial charge on any atom is -0.381 e. The summed E-state index contributed by atoms with van der Waals surface area (Å²) in [6, 6.07) is 19.4. The molecule has 1 fully saturated rings. The second kappa shape index (κ2) is 23.7. The normalized spacial score (nSPS) is 19.3. The van der Waals surface area contributed by atoms with Crippen molar-refractivity contribution in [1.29, 1.82) is 0 Å². The van der Waals surface area contributed by atoms with Gasteiger partial charge in [0.25, 0.3) is 5.91 Å². The highest BCUT2D eigenvalue weighted by atomic mass is 16.5. The number of aromatic nitrogens is 2. The number of likely N-dealkylation sites (tertiary alicyclic amines) is 1. The number of unbranched alkanes of at least 4 members (excludes halogenated alkanes) is 3. The van der Waals surface area contributed by atoms with Gasteiger partial charge in [0.1, 0.15) is 6.04 Å². The van der Waals surface area contributed by atoms with Crippen LogP contribution in [0.15, 0.2) is 65.5 Å². The quantitative estimate of drug-likeness (QED) is 0.0559. The summed E-state index contributed by atoms with van der Waals surface area (Å²) in [5, 5.41) is 3.64. The number of rotatable bonds is 26. The Hall–Kier alpha value is -5.19. The molecule has 7 rings (SSSR count). The number of carbonyl (C=O) groups excluding carboxylic acids is 4. The zero-order valence-corrected chi connectivity index (χ0v) is 39.7. The van der Waals surface area contributed by atoms with Crippen molar-refractivity contribution in [3.05, 3.63) is 99.0 Å². The third-order valence-corrected chi connectivity index (χ3v) is 13.9. The van der Waals surface area contributed by atoms with Crippen molar-refractivity contribution in [3.8, 4) is 0 Å².